The van der Waals surface area contributed by atoms with E-state index in [-0.39, 0.29) is 5.54 Å². The third-order valence-electron chi connectivity index (χ3n) is 4.97. The fourth-order valence-corrected chi connectivity index (χ4v) is 3.50. The molecule has 1 aliphatic heterocycles. The van der Waals surface area contributed by atoms with Crippen LogP contribution in [0.25, 0.3) is 0 Å². The highest BCUT2D eigenvalue weighted by Crippen LogP contribution is 2.35. The lowest BCUT2D eigenvalue weighted by atomic mass is 9.82. The molecule has 112 valence electrons. The molecule has 2 heterocycles. The summed E-state index contributed by atoms with van der Waals surface area (Å²) in [6.45, 7) is 9.20. The zero-order valence-electron chi connectivity index (χ0n) is 13.4. The van der Waals surface area contributed by atoms with Crippen molar-refractivity contribution in [3.05, 3.63) is 29.6 Å². The predicted octanol–water partition coefficient (Wildman–Crippen LogP) is 3.31. The highest BCUT2D eigenvalue weighted by Gasteiger charge is 2.38. The fourth-order valence-electron chi connectivity index (χ4n) is 3.50. The third-order valence-corrected chi connectivity index (χ3v) is 4.97. The SMILES string of the molecule is CCC(C)(C(NC)c1ccc(C)nc1)N1CCCCC1. The van der Waals surface area contributed by atoms with E-state index >= 15 is 0 Å². The van der Waals surface area contributed by atoms with E-state index in [4.69, 9.17) is 0 Å². The van der Waals surface area contributed by atoms with Gasteiger partial charge in [0.15, 0.2) is 0 Å². The van der Waals surface area contributed by atoms with Crippen LogP contribution >= 0.6 is 0 Å². The standard InChI is InChI=1S/C17H29N3/c1-5-17(3,20-11-7-6-8-12-20)16(18-4)15-10-9-14(2)19-13-15/h9-10,13,16,18H,5-8,11-12H2,1-4H3. The summed E-state index contributed by atoms with van der Waals surface area (Å²) < 4.78 is 0. The minimum Gasteiger partial charge on any atom is -0.311 e. The van der Waals surface area contributed by atoms with Gasteiger partial charge < -0.3 is 5.32 Å². The highest BCUT2D eigenvalue weighted by molar-refractivity contribution is 5.21. The zero-order valence-corrected chi connectivity index (χ0v) is 13.4. The Kier molecular flexibility index (Phi) is 5.17. The number of pyridine rings is 1. The van der Waals surface area contributed by atoms with Crippen molar-refractivity contribution in [2.24, 2.45) is 0 Å². The van der Waals surface area contributed by atoms with Crippen LogP contribution < -0.4 is 5.32 Å². The number of nitrogens with one attached hydrogen (secondary N) is 1. The number of piperidine rings is 1. The Morgan fingerprint density at radius 3 is 2.50 bits per heavy atom. The van der Waals surface area contributed by atoms with Crippen LogP contribution in [-0.4, -0.2) is 35.6 Å². The van der Waals surface area contributed by atoms with Crippen LogP contribution in [0.1, 0.15) is 56.8 Å². The van der Waals surface area contributed by atoms with Gasteiger partial charge in [0.1, 0.15) is 0 Å². The molecule has 0 amide bonds. The van der Waals surface area contributed by atoms with E-state index in [1.165, 1.54) is 37.9 Å². The van der Waals surface area contributed by atoms with Crippen molar-refractivity contribution < 1.29 is 0 Å². The Morgan fingerprint density at radius 2 is 2.00 bits per heavy atom. The summed E-state index contributed by atoms with van der Waals surface area (Å²) >= 11 is 0. The Labute approximate surface area is 123 Å². The van der Waals surface area contributed by atoms with E-state index in [0.29, 0.717) is 6.04 Å². The van der Waals surface area contributed by atoms with Crippen LogP contribution in [0.2, 0.25) is 0 Å². The second-order valence-electron chi connectivity index (χ2n) is 6.21. The number of hydrogen-bond donors (Lipinski definition) is 1. The normalized spacial score (nSPS) is 21.4. The van der Waals surface area contributed by atoms with Gasteiger partial charge in [-0.1, -0.05) is 19.4 Å². The molecule has 0 spiro atoms. The smallest absolute Gasteiger partial charge is 0.0517 e. The van der Waals surface area contributed by atoms with Crippen molar-refractivity contribution in [1.82, 2.24) is 15.2 Å². The summed E-state index contributed by atoms with van der Waals surface area (Å²) in [6, 6.07) is 4.67. The molecule has 0 bridgehead atoms. The predicted molar refractivity (Wildman–Crippen MR) is 84.9 cm³/mol. The average Bonchev–Trinajstić information content (AvgIpc) is 2.50. The van der Waals surface area contributed by atoms with E-state index in [9.17, 15) is 0 Å². The molecule has 1 aromatic heterocycles. The maximum absolute atomic E-state index is 4.48. The molecule has 0 aromatic carbocycles. The summed E-state index contributed by atoms with van der Waals surface area (Å²) in [6.07, 6.45) is 7.23. The lowest BCUT2D eigenvalue weighted by molar-refractivity contribution is 0.0447. The molecular formula is C17H29N3. The average molecular weight is 275 g/mol. The first kappa shape index (κ1) is 15.5. The molecule has 1 saturated heterocycles. The van der Waals surface area contributed by atoms with E-state index in [0.717, 1.165) is 12.1 Å². The van der Waals surface area contributed by atoms with Crippen LogP contribution in [0.15, 0.2) is 18.3 Å². The number of nitrogens with zero attached hydrogens (tertiary/aromatic N) is 2. The summed E-state index contributed by atoms with van der Waals surface area (Å²) in [7, 11) is 2.07. The van der Waals surface area contributed by atoms with Crippen molar-refractivity contribution in [2.75, 3.05) is 20.1 Å². The topological polar surface area (TPSA) is 28.2 Å². The molecule has 1 fully saturated rings. The molecule has 0 aliphatic carbocycles. The van der Waals surface area contributed by atoms with Crippen LogP contribution in [0.4, 0.5) is 0 Å². The molecule has 3 heteroatoms. The molecule has 2 rings (SSSR count). The highest BCUT2D eigenvalue weighted by atomic mass is 15.2. The van der Waals surface area contributed by atoms with Gasteiger partial charge in [-0.15, -0.1) is 0 Å². The summed E-state index contributed by atoms with van der Waals surface area (Å²) in [5.41, 5.74) is 2.54. The van der Waals surface area contributed by atoms with E-state index in [1.54, 1.807) is 0 Å². The molecule has 2 unspecified atom stereocenters. The van der Waals surface area contributed by atoms with Crippen molar-refractivity contribution in [3.8, 4) is 0 Å². The Morgan fingerprint density at radius 1 is 1.30 bits per heavy atom. The van der Waals surface area contributed by atoms with E-state index in [2.05, 4.69) is 48.2 Å². The van der Waals surface area contributed by atoms with Gasteiger partial charge in [-0.2, -0.15) is 0 Å². The number of hydrogen-bond acceptors (Lipinski definition) is 3. The Bertz CT molecular complexity index is 409. The molecular weight excluding hydrogens is 246 g/mol. The molecule has 0 saturated carbocycles. The number of aryl methyl sites for hydroxylation is 1. The van der Waals surface area contributed by atoms with Crippen molar-refractivity contribution in [2.45, 2.75) is 58.0 Å². The molecule has 2 atom stereocenters. The number of likely N-dealkylation sites (tertiary alicyclic amines) is 1. The summed E-state index contributed by atoms with van der Waals surface area (Å²) in [5, 5.41) is 3.54. The summed E-state index contributed by atoms with van der Waals surface area (Å²) in [5.74, 6) is 0. The lowest BCUT2D eigenvalue weighted by Crippen LogP contribution is -2.55. The van der Waals surface area contributed by atoms with Crippen molar-refractivity contribution in [1.29, 1.82) is 0 Å². The van der Waals surface area contributed by atoms with Gasteiger partial charge >= 0.3 is 0 Å². The zero-order chi connectivity index (χ0) is 14.6. The van der Waals surface area contributed by atoms with Crippen LogP contribution in [0.5, 0.6) is 0 Å². The first-order valence-corrected chi connectivity index (χ1v) is 7.96. The second-order valence-corrected chi connectivity index (χ2v) is 6.21. The van der Waals surface area contributed by atoms with E-state index in [1.807, 2.05) is 13.1 Å². The minimum atomic E-state index is 0.159. The third kappa shape index (κ3) is 3.04. The monoisotopic (exact) mass is 275 g/mol. The van der Waals surface area contributed by atoms with Crippen molar-refractivity contribution >= 4 is 0 Å². The van der Waals surface area contributed by atoms with Crippen LogP contribution in [0, 0.1) is 6.92 Å². The van der Waals surface area contributed by atoms with Crippen molar-refractivity contribution in [3.63, 3.8) is 0 Å². The molecule has 20 heavy (non-hydrogen) atoms. The summed E-state index contributed by atoms with van der Waals surface area (Å²) in [4.78, 5) is 7.16. The maximum Gasteiger partial charge on any atom is 0.0517 e. The molecule has 1 aromatic rings. The van der Waals surface area contributed by atoms with Crippen LogP contribution in [-0.2, 0) is 0 Å². The first-order valence-electron chi connectivity index (χ1n) is 7.96. The van der Waals surface area contributed by atoms with E-state index < -0.39 is 0 Å². The van der Waals surface area contributed by atoms with Gasteiger partial charge in [0, 0.05) is 17.4 Å². The maximum atomic E-state index is 4.48. The number of aromatic nitrogens is 1. The fraction of sp³-hybridized carbons (Fsp3) is 0.706. The first-order chi connectivity index (χ1) is 9.61. The molecule has 0 radical (unpaired) electrons. The van der Waals surface area contributed by atoms with Gasteiger partial charge in [0.05, 0.1) is 6.04 Å². The molecule has 1 N–H and O–H groups in total. The van der Waals surface area contributed by atoms with Gasteiger partial charge in [0.2, 0.25) is 0 Å². The van der Waals surface area contributed by atoms with Gasteiger partial charge in [-0.3, -0.25) is 9.88 Å². The van der Waals surface area contributed by atoms with Gasteiger partial charge in [0.25, 0.3) is 0 Å². The number of likely N-dealkylation sites (N-methyl/N-ethyl adjacent to an activating group) is 1. The van der Waals surface area contributed by atoms with Crippen LogP contribution in [0.3, 0.4) is 0 Å². The minimum absolute atomic E-state index is 0.159. The quantitative estimate of drug-likeness (QED) is 0.893. The molecule has 1 aliphatic rings. The Hall–Kier alpha value is -0.930. The molecule has 3 nitrogen and oxygen atoms in total. The number of rotatable bonds is 5. The van der Waals surface area contributed by atoms with Gasteiger partial charge in [-0.05, 0) is 64.9 Å². The van der Waals surface area contributed by atoms with Gasteiger partial charge in [-0.25, -0.2) is 0 Å². The second kappa shape index (κ2) is 6.68. The lowest BCUT2D eigenvalue weighted by Gasteiger charge is -2.48. The largest absolute Gasteiger partial charge is 0.311 e. The Balaban J connectivity index is 2.27.